The Morgan fingerprint density at radius 1 is 0.593 bits per heavy atom. The van der Waals surface area contributed by atoms with Crippen LogP contribution in [0.25, 0.3) is 0 Å². The summed E-state index contributed by atoms with van der Waals surface area (Å²) in [6, 6.07) is 5.51. The van der Waals surface area contributed by atoms with Crippen LogP contribution in [0.1, 0.15) is 108 Å². The number of aliphatic hydroxyl groups excluding tert-OH is 2. The van der Waals surface area contributed by atoms with Crippen molar-refractivity contribution in [2.75, 3.05) is 6.61 Å². The van der Waals surface area contributed by atoms with Gasteiger partial charge in [-0.1, -0.05) is 96.5 Å². The standard InChI is InChI=1S/C24H42O3/c1-2-3-4-5-6-7-8-9-10-11-12-13-14-15-16-27-24-18-22(20-25)17-23(19-24)21-26/h17-19,25-26H,2-16,20-21H2,1H3. The summed E-state index contributed by atoms with van der Waals surface area (Å²) in [6.45, 7) is 2.93. The minimum Gasteiger partial charge on any atom is -0.494 e. The first kappa shape index (κ1) is 24.0. The Kier molecular flexibility index (Phi) is 15.2. The Morgan fingerprint density at radius 2 is 1.00 bits per heavy atom. The molecule has 0 aromatic heterocycles. The fourth-order valence-corrected chi connectivity index (χ4v) is 3.48. The van der Waals surface area contributed by atoms with Crippen molar-refractivity contribution in [1.29, 1.82) is 0 Å². The molecule has 0 saturated carbocycles. The molecular weight excluding hydrogens is 336 g/mol. The summed E-state index contributed by atoms with van der Waals surface area (Å²) < 4.78 is 5.78. The fourth-order valence-electron chi connectivity index (χ4n) is 3.48. The van der Waals surface area contributed by atoms with Crippen LogP contribution in [0.2, 0.25) is 0 Å². The van der Waals surface area contributed by atoms with E-state index in [0.717, 1.165) is 23.3 Å². The van der Waals surface area contributed by atoms with Crippen LogP contribution in [0.15, 0.2) is 18.2 Å². The number of aliphatic hydroxyl groups is 2. The van der Waals surface area contributed by atoms with Crippen molar-refractivity contribution in [3.63, 3.8) is 0 Å². The van der Waals surface area contributed by atoms with E-state index in [0.29, 0.717) is 6.61 Å². The average Bonchev–Trinajstić information content (AvgIpc) is 2.70. The zero-order valence-corrected chi connectivity index (χ0v) is 17.6. The van der Waals surface area contributed by atoms with Gasteiger partial charge in [0.05, 0.1) is 19.8 Å². The Balaban J connectivity index is 1.91. The summed E-state index contributed by atoms with van der Waals surface area (Å²) in [4.78, 5) is 0. The third kappa shape index (κ3) is 12.9. The van der Waals surface area contributed by atoms with Crippen LogP contribution in [0, 0.1) is 0 Å². The molecule has 3 nitrogen and oxygen atoms in total. The van der Waals surface area contributed by atoms with Gasteiger partial charge < -0.3 is 14.9 Å². The van der Waals surface area contributed by atoms with Crippen molar-refractivity contribution in [3.8, 4) is 5.75 Å². The summed E-state index contributed by atoms with van der Waals surface area (Å²) in [5, 5.41) is 18.5. The maximum Gasteiger partial charge on any atom is 0.120 e. The number of benzene rings is 1. The minimum atomic E-state index is -0.0247. The number of unbranched alkanes of at least 4 members (excludes halogenated alkanes) is 13. The van der Waals surface area contributed by atoms with Gasteiger partial charge in [-0.05, 0) is 29.7 Å². The lowest BCUT2D eigenvalue weighted by Crippen LogP contribution is -1.99. The SMILES string of the molecule is CCCCCCCCCCCCCCCCOc1cc(CO)cc(CO)c1. The fraction of sp³-hybridized carbons (Fsp3) is 0.750. The van der Waals surface area contributed by atoms with Gasteiger partial charge in [0, 0.05) is 0 Å². The van der Waals surface area contributed by atoms with Crippen LogP contribution in [0.5, 0.6) is 5.75 Å². The molecule has 0 saturated heterocycles. The molecule has 0 aliphatic rings. The van der Waals surface area contributed by atoms with Crippen molar-refractivity contribution in [2.45, 2.75) is 110 Å². The third-order valence-corrected chi connectivity index (χ3v) is 5.16. The van der Waals surface area contributed by atoms with Gasteiger partial charge in [0.15, 0.2) is 0 Å². The first-order chi connectivity index (χ1) is 13.3. The highest BCUT2D eigenvalue weighted by atomic mass is 16.5. The van der Waals surface area contributed by atoms with E-state index in [-0.39, 0.29) is 13.2 Å². The molecule has 1 aromatic rings. The van der Waals surface area contributed by atoms with Crippen molar-refractivity contribution in [1.82, 2.24) is 0 Å². The molecule has 0 radical (unpaired) electrons. The maximum absolute atomic E-state index is 9.25. The second-order valence-corrected chi connectivity index (χ2v) is 7.75. The van der Waals surface area contributed by atoms with Gasteiger partial charge >= 0.3 is 0 Å². The van der Waals surface area contributed by atoms with Gasteiger partial charge in [-0.15, -0.1) is 0 Å². The van der Waals surface area contributed by atoms with Crippen LogP contribution in [0.4, 0.5) is 0 Å². The van der Waals surface area contributed by atoms with E-state index < -0.39 is 0 Å². The maximum atomic E-state index is 9.25. The monoisotopic (exact) mass is 378 g/mol. The average molecular weight is 379 g/mol. The number of ether oxygens (including phenoxy) is 1. The summed E-state index contributed by atoms with van der Waals surface area (Å²) in [7, 11) is 0. The lowest BCUT2D eigenvalue weighted by molar-refractivity contribution is 0.269. The summed E-state index contributed by atoms with van der Waals surface area (Å²) in [6.07, 6.45) is 19.0. The van der Waals surface area contributed by atoms with Gasteiger partial charge in [0.2, 0.25) is 0 Å². The van der Waals surface area contributed by atoms with Gasteiger partial charge in [-0.25, -0.2) is 0 Å². The highest BCUT2D eigenvalue weighted by molar-refractivity contribution is 5.33. The Morgan fingerprint density at radius 3 is 1.41 bits per heavy atom. The summed E-state index contributed by atoms with van der Waals surface area (Å²) in [5.74, 6) is 0.750. The molecule has 2 N–H and O–H groups in total. The van der Waals surface area contributed by atoms with E-state index in [1.165, 1.54) is 83.5 Å². The highest BCUT2D eigenvalue weighted by Crippen LogP contribution is 2.18. The van der Waals surface area contributed by atoms with Gasteiger partial charge in [0.25, 0.3) is 0 Å². The van der Waals surface area contributed by atoms with E-state index in [2.05, 4.69) is 6.92 Å². The first-order valence-corrected chi connectivity index (χ1v) is 11.3. The van der Waals surface area contributed by atoms with E-state index in [1.807, 2.05) is 12.1 Å². The zero-order valence-electron chi connectivity index (χ0n) is 17.6. The Bertz CT molecular complexity index is 437. The molecule has 0 aliphatic carbocycles. The van der Waals surface area contributed by atoms with Crippen LogP contribution in [0.3, 0.4) is 0 Å². The van der Waals surface area contributed by atoms with Crippen molar-refractivity contribution in [2.24, 2.45) is 0 Å². The first-order valence-electron chi connectivity index (χ1n) is 11.3. The summed E-state index contributed by atoms with van der Waals surface area (Å²) in [5.41, 5.74) is 1.58. The molecule has 1 aromatic carbocycles. The molecule has 27 heavy (non-hydrogen) atoms. The smallest absolute Gasteiger partial charge is 0.120 e. The highest BCUT2D eigenvalue weighted by Gasteiger charge is 2.01. The van der Waals surface area contributed by atoms with E-state index >= 15 is 0 Å². The van der Waals surface area contributed by atoms with Crippen LogP contribution < -0.4 is 4.74 Å². The number of rotatable bonds is 18. The quantitative estimate of drug-likeness (QED) is 0.285. The second kappa shape index (κ2) is 17.1. The molecule has 0 aliphatic heterocycles. The topological polar surface area (TPSA) is 49.7 Å². The van der Waals surface area contributed by atoms with Crippen LogP contribution >= 0.6 is 0 Å². The normalized spacial score (nSPS) is 11.1. The second-order valence-electron chi connectivity index (χ2n) is 7.75. The Hall–Kier alpha value is -1.06. The number of hydrogen-bond donors (Lipinski definition) is 2. The molecule has 156 valence electrons. The molecule has 0 heterocycles. The van der Waals surface area contributed by atoms with E-state index in [4.69, 9.17) is 4.74 Å². The van der Waals surface area contributed by atoms with Crippen LogP contribution in [-0.4, -0.2) is 16.8 Å². The zero-order chi connectivity index (χ0) is 19.6. The molecule has 0 fully saturated rings. The van der Waals surface area contributed by atoms with Crippen molar-refractivity contribution >= 4 is 0 Å². The lowest BCUT2D eigenvalue weighted by Gasteiger charge is -2.09. The molecule has 0 atom stereocenters. The molecule has 0 amide bonds. The van der Waals surface area contributed by atoms with Crippen LogP contribution in [-0.2, 0) is 13.2 Å². The van der Waals surface area contributed by atoms with E-state index in [1.54, 1.807) is 6.07 Å². The van der Waals surface area contributed by atoms with Gasteiger partial charge in [0.1, 0.15) is 5.75 Å². The predicted molar refractivity (Wildman–Crippen MR) is 114 cm³/mol. The summed E-state index contributed by atoms with van der Waals surface area (Å²) >= 11 is 0. The predicted octanol–water partition coefficient (Wildman–Crippen LogP) is 6.53. The Labute approximate surface area is 167 Å². The van der Waals surface area contributed by atoms with Crippen molar-refractivity contribution < 1.29 is 14.9 Å². The van der Waals surface area contributed by atoms with E-state index in [9.17, 15) is 10.2 Å². The molecule has 0 bridgehead atoms. The van der Waals surface area contributed by atoms with Crippen molar-refractivity contribution in [3.05, 3.63) is 29.3 Å². The van der Waals surface area contributed by atoms with Gasteiger partial charge in [-0.2, -0.15) is 0 Å². The molecule has 0 spiro atoms. The molecule has 3 heteroatoms. The largest absolute Gasteiger partial charge is 0.494 e. The lowest BCUT2D eigenvalue weighted by atomic mass is 10.0. The number of hydrogen-bond acceptors (Lipinski definition) is 3. The third-order valence-electron chi connectivity index (χ3n) is 5.16. The molecule has 0 unspecified atom stereocenters. The molecule has 1 rings (SSSR count). The minimum absolute atomic E-state index is 0.0247. The molecular formula is C24H42O3. The van der Waals surface area contributed by atoms with Gasteiger partial charge in [-0.3, -0.25) is 0 Å².